The first kappa shape index (κ1) is 18.4. The lowest BCUT2D eigenvalue weighted by molar-refractivity contribution is -0.134. The number of likely N-dealkylation sites (N-methyl/N-ethyl adjacent to an activating group) is 1. The molecule has 130 valence electrons. The number of carbonyl (C=O) groups is 1. The van der Waals surface area contributed by atoms with Gasteiger partial charge in [0.1, 0.15) is 5.82 Å². The average Bonchev–Trinajstić information content (AvgIpc) is 2.60. The van der Waals surface area contributed by atoms with Gasteiger partial charge >= 0.3 is 0 Å². The predicted octanol–water partition coefficient (Wildman–Crippen LogP) is 2.21. The second-order valence-corrected chi connectivity index (χ2v) is 6.11. The van der Waals surface area contributed by atoms with E-state index in [2.05, 4.69) is 11.0 Å². The molecule has 1 aromatic rings. The number of nitrogens with zero attached hydrogens (tertiary/aromatic N) is 3. The quantitative estimate of drug-likeness (QED) is 0.801. The van der Waals surface area contributed by atoms with Crippen molar-refractivity contribution in [2.75, 3.05) is 39.3 Å². The highest BCUT2D eigenvalue weighted by Gasteiger charge is 2.25. The summed E-state index contributed by atoms with van der Waals surface area (Å²) in [4.78, 5) is 16.2. The minimum atomic E-state index is -0.271. The van der Waals surface area contributed by atoms with E-state index in [1.54, 1.807) is 17.0 Å². The number of morpholine rings is 1. The van der Waals surface area contributed by atoms with Crippen LogP contribution < -0.4 is 0 Å². The second-order valence-electron chi connectivity index (χ2n) is 6.11. The second kappa shape index (κ2) is 8.76. The average molecular weight is 333 g/mol. The van der Waals surface area contributed by atoms with Crippen LogP contribution in [0, 0.1) is 23.1 Å². The van der Waals surface area contributed by atoms with Crippen LogP contribution in [0.5, 0.6) is 0 Å². The Bertz CT molecular complexity index is 585. The maximum atomic E-state index is 13.0. The molecular formula is C18H24FN3O2. The minimum Gasteiger partial charge on any atom is -0.371 e. The fourth-order valence-corrected chi connectivity index (χ4v) is 2.80. The van der Waals surface area contributed by atoms with Crippen molar-refractivity contribution in [3.63, 3.8) is 0 Å². The highest BCUT2D eigenvalue weighted by atomic mass is 19.1. The summed E-state index contributed by atoms with van der Waals surface area (Å²) in [6, 6.07) is 8.45. The molecule has 0 unspecified atom stereocenters. The molecule has 0 N–H and O–H groups in total. The van der Waals surface area contributed by atoms with Gasteiger partial charge in [0.15, 0.2) is 0 Å². The third-order valence-electron chi connectivity index (χ3n) is 4.20. The fourth-order valence-electron chi connectivity index (χ4n) is 2.80. The van der Waals surface area contributed by atoms with Crippen molar-refractivity contribution in [3.05, 3.63) is 35.6 Å². The van der Waals surface area contributed by atoms with Crippen molar-refractivity contribution >= 4 is 5.91 Å². The molecule has 2 rings (SSSR count). The van der Waals surface area contributed by atoms with E-state index in [-0.39, 0.29) is 23.7 Å². The number of rotatable bonds is 6. The van der Waals surface area contributed by atoms with Gasteiger partial charge in [-0.1, -0.05) is 12.1 Å². The maximum absolute atomic E-state index is 13.0. The van der Waals surface area contributed by atoms with Gasteiger partial charge in [-0.3, -0.25) is 9.69 Å². The van der Waals surface area contributed by atoms with Gasteiger partial charge in [-0.15, -0.1) is 0 Å². The van der Waals surface area contributed by atoms with Crippen molar-refractivity contribution in [1.82, 2.24) is 9.80 Å². The zero-order valence-corrected chi connectivity index (χ0v) is 14.2. The molecule has 0 saturated carbocycles. The minimum absolute atomic E-state index is 0.0272. The highest BCUT2D eigenvalue weighted by Crippen LogP contribution is 2.22. The molecular weight excluding hydrogens is 309 g/mol. The Hall–Kier alpha value is -1.97. The molecule has 0 aromatic heterocycles. The van der Waals surface area contributed by atoms with Crippen LogP contribution in [0.25, 0.3) is 0 Å². The summed E-state index contributed by atoms with van der Waals surface area (Å²) in [5.74, 6) is -0.420. The first-order valence-corrected chi connectivity index (χ1v) is 8.30. The molecule has 0 radical (unpaired) electrons. The number of hydrogen-bond donors (Lipinski definition) is 0. The zero-order chi connectivity index (χ0) is 17.5. The van der Waals surface area contributed by atoms with Gasteiger partial charge in [0, 0.05) is 26.2 Å². The van der Waals surface area contributed by atoms with Crippen molar-refractivity contribution in [2.24, 2.45) is 5.92 Å². The van der Waals surface area contributed by atoms with Crippen molar-refractivity contribution < 1.29 is 13.9 Å². The summed E-state index contributed by atoms with van der Waals surface area (Å²) < 4.78 is 18.8. The van der Waals surface area contributed by atoms with Crippen LogP contribution in [0.15, 0.2) is 24.3 Å². The Balaban J connectivity index is 1.93. The number of halogens is 1. The van der Waals surface area contributed by atoms with Gasteiger partial charge in [0.05, 0.1) is 31.2 Å². The molecule has 1 aliphatic heterocycles. The third kappa shape index (κ3) is 5.02. The first-order chi connectivity index (χ1) is 11.5. The zero-order valence-electron chi connectivity index (χ0n) is 14.2. The van der Waals surface area contributed by atoms with E-state index in [0.29, 0.717) is 39.3 Å². The maximum Gasteiger partial charge on any atom is 0.236 e. The van der Waals surface area contributed by atoms with Crippen LogP contribution in [0.2, 0.25) is 0 Å². The molecule has 0 bridgehead atoms. The number of ether oxygens (including phenoxy) is 1. The molecule has 0 aliphatic carbocycles. The Morgan fingerprint density at radius 2 is 2.21 bits per heavy atom. The van der Waals surface area contributed by atoms with E-state index in [1.165, 1.54) is 12.1 Å². The summed E-state index contributed by atoms with van der Waals surface area (Å²) in [7, 11) is 0. The number of amides is 1. The lowest BCUT2D eigenvalue weighted by Gasteiger charge is -2.34. The summed E-state index contributed by atoms with van der Waals surface area (Å²) in [5.41, 5.74) is 0.916. The largest absolute Gasteiger partial charge is 0.371 e. The Morgan fingerprint density at radius 3 is 2.83 bits per heavy atom. The molecule has 1 fully saturated rings. The van der Waals surface area contributed by atoms with Gasteiger partial charge in [0.25, 0.3) is 0 Å². The van der Waals surface area contributed by atoms with E-state index < -0.39 is 0 Å². The van der Waals surface area contributed by atoms with Gasteiger partial charge in [-0.2, -0.15) is 5.26 Å². The van der Waals surface area contributed by atoms with Gasteiger partial charge in [0.2, 0.25) is 5.91 Å². The molecule has 1 amide bonds. The fraction of sp³-hybridized carbons (Fsp3) is 0.556. The van der Waals surface area contributed by atoms with E-state index in [1.807, 2.05) is 13.8 Å². The molecule has 5 nitrogen and oxygen atoms in total. The lowest BCUT2D eigenvalue weighted by Crippen LogP contribution is -2.46. The van der Waals surface area contributed by atoms with Crippen LogP contribution in [-0.2, 0) is 9.53 Å². The van der Waals surface area contributed by atoms with E-state index in [9.17, 15) is 9.18 Å². The number of carbonyl (C=O) groups excluding carboxylic acids is 1. The monoisotopic (exact) mass is 333 g/mol. The standard InChI is InChI=1S/C18H24FN3O2/c1-3-22(11-14(2)10-20)18(23)13-21-8-9-24-17(12-21)15-4-6-16(19)7-5-15/h4-7,14,17H,3,8-9,11-13H2,1-2H3/t14-,17-/m0/s1. The van der Waals surface area contributed by atoms with E-state index >= 15 is 0 Å². The smallest absolute Gasteiger partial charge is 0.236 e. The van der Waals surface area contributed by atoms with Crippen LogP contribution in [0.4, 0.5) is 4.39 Å². The van der Waals surface area contributed by atoms with Crippen LogP contribution >= 0.6 is 0 Å². The Morgan fingerprint density at radius 1 is 1.50 bits per heavy atom. The molecule has 0 spiro atoms. The Labute approximate surface area is 142 Å². The van der Waals surface area contributed by atoms with Crippen LogP contribution in [0.3, 0.4) is 0 Å². The molecule has 6 heteroatoms. The molecule has 1 heterocycles. The summed E-state index contributed by atoms with van der Waals surface area (Å²) >= 11 is 0. The molecule has 24 heavy (non-hydrogen) atoms. The van der Waals surface area contributed by atoms with Gasteiger partial charge in [-0.05, 0) is 31.5 Å². The Kier molecular flexibility index (Phi) is 6.71. The topological polar surface area (TPSA) is 56.6 Å². The third-order valence-corrected chi connectivity index (χ3v) is 4.20. The molecule has 1 aliphatic rings. The normalized spacial score (nSPS) is 19.5. The molecule has 2 atom stereocenters. The summed E-state index contributed by atoms with van der Waals surface area (Å²) in [5, 5.41) is 8.92. The number of nitriles is 1. The lowest BCUT2D eigenvalue weighted by atomic mass is 10.1. The molecule has 1 saturated heterocycles. The summed E-state index contributed by atoms with van der Waals surface area (Å²) in [6.45, 7) is 6.92. The van der Waals surface area contributed by atoms with Crippen molar-refractivity contribution in [3.8, 4) is 6.07 Å². The van der Waals surface area contributed by atoms with E-state index in [0.717, 1.165) is 5.56 Å². The van der Waals surface area contributed by atoms with Crippen LogP contribution in [0.1, 0.15) is 25.5 Å². The summed E-state index contributed by atoms with van der Waals surface area (Å²) in [6.07, 6.45) is -0.153. The highest BCUT2D eigenvalue weighted by molar-refractivity contribution is 5.78. The first-order valence-electron chi connectivity index (χ1n) is 8.30. The van der Waals surface area contributed by atoms with Crippen molar-refractivity contribution in [2.45, 2.75) is 20.0 Å². The molecule has 1 aromatic carbocycles. The number of hydrogen-bond acceptors (Lipinski definition) is 4. The van der Waals surface area contributed by atoms with E-state index in [4.69, 9.17) is 10.00 Å². The SMILES string of the molecule is CCN(C[C@@H](C)C#N)C(=O)CN1CCO[C@H](c2ccc(F)cc2)C1. The van der Waals surface area contributed by atoms with Gasteiger partial charge in [-0.25, -0.2) is 4.39 Å². The predicted molar refractivity (Wildman–Crippen MR) is 88.6 cm³/mol. The van der Waals surface area contributed by atoms with Crippen molar-refractivity contribution in [1.29, 1.82) is 5.26 Å². The van der Waals surface area contributed by atoms with Gasteiger partial charge < -0.3 is 9.64 Å². The van der Waals surface area contributed by atoms with Crippen LogP contribution in [-0.4, -0.2) is 55.0 Å². The number of benzene rings is 1.